The number of amides is 1. The first-order valence-electron chi connectivity index (χ1n) is 12.9. The van der Waals surface area contributed by atoms with Crippen molar-refractivity contribution in [1.29, 1.82) is 0 Å². The van der Waals surface area contributed by atoms with Gasteiger partial charge >= 0.3 is 5.97 Å². The van der Waals surface area contributed by atoms with Crippen LogP contribution in [0.3, 0.4) is 0 Å². The zero-order chi connectivity index (χ0) is 26.2. The number of aryl methyl sites for hydroxylation is 2. The van der Waals surface area contributed by atoms with E-state index < -0.39 is 0 Å². The zero-order valence-electron chi connectivity index (χ0n) is 21.6. The fraction of sp³-hybridized carbons (Fsp3) is 0.226. The molecule has 7 heteroatoms. The SMILES string of the molecule is Cn1c(C(=O)Nc2cccc(N3CCC(OC(=O)c4cc5ccccc5n4C)CC3)c2)cc2ccccc21. The number of piperidine rings is 1. The molecule has 0 saturated carbocycles. The van der Waals surface area contributed by atoms with Crippen LogP contribution in [0.1, 0.15) is 33.8 Å². The van der Waals surface area contributed by atoms with Crippen LogP contribution in [0.4, 0.5) is 11.4 Å². The molecule has 1 aliphatic heterocycles. The third-order valence-corrected chi connectivity index (χ3v) is 7.53. The van der Waals surface area contributed by atoms with E-state index in [2.05, 4.69) is 10.2 Å². The van der Waals surface area contributed by atoms with Gasteiger partial charge in [-0.25, -0.2) is 4.79 Å². The van der Waals surface area contributed by atoms with Crippen molar-refractivity contribution in [2.45, 2.75) is 18.9 Å². The van der Waals surface area contributed by atoms with E-state index in [0.717, 1.165) is 59.1 Å². The van der Waals surface area contributed by atoms with Crippen molar-refractivity contribution in [1.82, 2.24) is 9.13 Å². The van der Waals surface area contributed by atoms with E-state index in [9.17, 15) is 9.59 Å². The lowest BCUT2D eigenvalue weighted by Gasteiger charge is -2.33. The van der Waals surface area contributed by atoms with Gasteiger partial charge in [-0.1, -0.05) is 42.5 Å². The third-order valence-electron chi connectivity index (χ3n) is 7.53. The number of anilines is 2. The molecule has 0 aliphatic carbocycles. The van der Waals surface area contributed by atoms with Crippen LogP contribution in [-0.2, 0) is 18.8 Å². The summed E-state index contributed by atoms with van der Waals surface area (Å²) in [6.07, 6.45) is 1.39. The number of fused-ring (bicyclic) bond motifs is 2. The lowest BCUT2D eigenvalue weighted by atomic mass is 10.1. The molecule has 3 aromatic carbocycles. The number of nitrogens with one attached hydrogen (secondary N) is 1. The number of hydrogen-bond donors (Lipinski definition) is 1. The Morgan fingerprint density at radius 3 is 2.03 bits per heavy atom. The smallest absolute Gasteiger partial charge is 0.355 e. The lowest BCUT2D eigenvalue weighted by molar-refractivity contribution is 0.0234. The van der Waals surface area contributed by atoms with Gasteiger partial charge in [0.05, 0.1) is 0 Å². The van der Waals surface area contributed by atoms with Crippen LogP contribution in [0.15, 0.2) is 84.9 Å². The van der Waals surface area contributed by atoms with Gasteiger partial charge in [0.15, 0.2) is 0 Å². The lowest BCUT2D eigenvalue weighted by Crippen LogP contribution is -2.38. The molecule has 0 bridgehead atoms. The molecule has 0 radical (unpaired) electrons. The molecule has 3 heterocycles. The molecule has 0 atom stereocenters. The number of esters is 1. The number of para-hydroxylation sites is 2. The minimum atomic E-state index is -0.278. The van der Waals surface area contributed by atoms with Crippen molar-refractivity contribution in [3.8, 4) is 0 Å². The standard InChI is InChI=1S/C31H30N4O3/c1-33-26-12-5-3-8-21(26)18-28(33)30(36)32-23-10-7-11-24(20-23)35-16-14-25(15-17-35)38-31(37)29-19-22-9-4-6-13-27(22)34(29)2/h3-13,18-20,25H,14-17H2,1-2H3,(H,32,36). The van der Waals surface area contributed by atoms with Gasteiger partial charge in [0.1, 0.15) is 17.5 Å². The Bertz CT molecular complexity index is 1660. The predicted molar refractivity (Wildman–Crippen MR) is 151 cm³/mol. The zero-order valence-corrected chi connectivity index (χ0v) is 21.6. The Labute approximate surface area is 221 Å². The first kappa shape index (κ1) is 23.9. The summed E-state index contributed by atoms with van der Waals surface area (Å²) in [5.74, 6) is -0.417. The Hall–Kier alpha value is -4.52. The van der Waals surface area contributed by atoms with Crippen molar-refractivity contribution >= 4 is 45.1 Å². The van der Waals surface area contributed by atoms with E-state index in [0.29, 0.717) is 11.4 Å². The van der Waals surface area contributed by atoms with E-state index >= 15 is 0 Å². The largest absolute Gasteiger partial charge is 0.458 e. The Morgan fingerprint density at radius 2 is 1.37 bits per heavy atom. The summed E-state index contributed by atoms with van der Waals surface area (Å²) in [6, 6.07) is 27.6. The summed E-state index contributed by atoms with van der Waals surface area (Å²) in [5, 5.41) is 5.12. The molecule has 1 N–H and O–H groups in total. The maximum atomic E-state index is 13.0. The van der Waals surface area contributed by atoms with Gasteiger partial charge < -0.3 is 24.1 Å². The average molecular weight is 507 g/mol. The highest BCUT2D eigenvalue weighted by atomic mass is 16.5. The summed E-state index contributed by atoms with van der Waals surface area (Å²) < 4.78 is 9.70. The third kappa shape index (κ3) is 4.41. The Morgan fingerprint density at radius 1 is 0.763 bits per heavy atom. The average Bonchev–Trinajstić information content (AvgIpc) is 3.46. The number of ether oxygens (including phenoxy) is 1. The highest BCUT2D eigenvalue weighted by molar-refractivity contribution is 6.06. The van der Waals surface area contributed by atoms with Crippen LogP contribution in [0, 0.1) is 0 Å². The summed E-state index contributed by atoms with van der Waals surface area (Å²) in [7, 11) is 3.80. The second-order valence-corrected chi connectivity index (χ2v) is 9.89. The first-order chi connectivity index (χ1) is 18.5. The van der Waals surface area contributed by atoms with Gasteiger partial charge in [-0.3, -0.25) is 4.79 Å². The molecule has 0 unspecified atom stereocenters. The van der Waals surface area contributed by atoms with Gasteiger partial charge in [-0.05, 0) is 42.5 Å². The minimum absolute atomic E-state index is 0.119. The van der Waals surface area contributed by atoms with Crippen LogP contribution in [0.2, 0.25) is 0 Å². The van der Waals surface area contributed by atoms with Gasteiger partial charge in [-0.2, -0.15) is 0 Å². The molecule has 1 amide bonds. The van der Waals surface area contributed by atoms with E-state index in [1.807, 2.05) is 108 Å². The number of nitrogens with zero attached hydrogens (tertiary/aromatic N) is 3. The quantitative estimate of drug-likeness (QED) is 0.308. The van der Waals surface area contributed by atoms with E-state index in [4.69, 9.17) is 4.74 Å². The number of benzene rings is 3. The Kier molecular flexibility index (Phi) is 6.12. The van der Waals surface area contributed by atoms with Crippen molar-refractivity contribution in [3.05, 3.63) is 96.3 Å². The molecule has 2 aromatic heterocycles. The molecule has 1 saturated heterocycles. The maximum Gasteiger partial charge on any atom is 0.355 e. The van der Waals surface area contributed by atoms with E-state index in [1.165, 1.54) is 0 Å². The second kappa shape index (κ2) is 9.74. The highest BCUT2D eigenvalue weighted by Gasteiger charge is 2.25. The number of rotatable bonds is 5. The molecular weight excluding hydrogens is 476 g/mol. The summed E-state index contributed by atoms with van der Waals surface area (Å²) in [6.45, 7) is 1.54. The molecule has 7 nitrogen and oxygen atoms in total. The van der Waals surface area contributed by atoms with Gasteiger partial charge in [0, 0.05) is 73.2 Å². The van der Waals surface area contributed by atoms with Crippen LogP contribution in [0.5, 0.6) is 0 Å². The maximum absolute atomic E-state index is 13.0. The molecule has 0 spiro atoms. The fourth-order valence-electron chi connectivity index (χ4n) is 5.41. The molecule has 1 aliphatic rings. The summed E-state index contributed by atoms with van der Waals surface area (Å²) in [4.78, 5) is 28.2. The fourth-order valence-corrected chi connectivity index (χ4v) is 5.41. The number of carbonyl (C=O) groups is 2. The molecular formula is C31H30N4O3. The van der Waals surface area contributed by atoms with E-state index in [-0.39, 0.29) is 18.0 Å². The Balaban J connectivity index is 1.08. The highest BCUT2D eigenvalue weighted by Crippen LogP contribution is 2.26. The van der Waals surface area contributed by atoms with E-state index in [1.54, 1.807) is 0 Å². The topological polar surface area (TPSA) is 68.5 Å². The molecule has 5 aromatic rings. The van der Waals surface area contributed by atoms with Crippen LogP contribution in [0.25, 0.3) is 21.8 Å². The van der Waals surface area contributed by atoms with Crippen molar-refractivity contribution in [3.63, 3.8) is 0 Å². The monoisotopic (exact) mass is 506 g/mol. The molecule has 1 fully saturated rings. The summed E-state index contributed by atoms with van der Waals surface area (Å²) >= 11 is 0. The molecule has 192 valence electrons. The number of hydrogen-bond acceptors (Lipinski definition) is 4. The van der Waals surface area contributed by atoms with Gasteiger partial charge in [-0.15, -0.1) is 0 Å². The van der Waals surface area contributed by atoms with Crippen molar-refractivity contribution in [2.75, 3.05) is 23.3 Å². The second-order valence-electron chi connectivity index (χ2n) is 9.89. The van der Waals surface area contributed by atoms with Crippen molar-refractivity contribution < 1.29 is 14.3 Å². The molecule has 38 heavy (non-hydrogen) atoms. The predicted octanol–water partition coefficient (Wildman–Crippen LogP) is 5.75. The first-order valence-corrected chi connectivity index (χ1v) is 12.9. The van der Waals surface area contributed by atoms with Gasteiger partial charge in [0.25, 0.3) is 5.91 Å². The van der Waals surface area contributed by atoms with Crippen LogP contribution < -0.4 is 10.2 Å². The minimum Gasteiger partial charge on any atom is -0.458 e. The van der Waals surface area contributed by atoms with Gasteiger partial charge in [0.2, 0.25) is 0 Å². The van der Waals surface area contributed by atoms with Crippen LogP contribution in [-0.4, -0.2) is 40.2 Å². The number of aromatic nitrogens is 2. The summed E-state index contributed by atoms with van der Waals surface area (Å²) in [5.41, 5.74) is 5.02. The van der Waals surface area contributed by atoms with Crippen LogP contribution >= 0.6 is 0 Å². The van der Waals surface area contributed by atoms with Crippen molar-refractivity contribution in [2.24, 2.45) is 14.1 Å². The number of carbonyl (C=O) groups excluding carboxylic acids is 2. The normalized spacial score (nSPS) is 14.2. The molecule has 6 rings (SSSR count).